The molecule has 1 aromatic carbocycles. The minimum atomic E-state index is -1.12. The Morgan fingerprint density at radius 2 is 2.17 bits per heavy atom. The maximum atomic E-state index is 13.5. The van der Waals surface area contributed by atoms with Crippen molar-refractivity contribution in [2.45, 2.75) is 43.6 Å². The second kappa shape index (κ2) is 7.04. The van der Waals surface area contributed by atoms with Gasteiger partial charge in [0.2, 0.25) is 0 Å². The summed E-state index contributed by atoms with van der Waals surface area (Å²) in [5, 5.41) is 9.24. The second-order valence-electron chi connectivity index (χ2n) is 6.39. The highest BCUT2D eigenvalue weighted by molar-refractivity contribution is 5.90. The summed E-state index contributed by atoms with van der Waals surface area (Å²) in [6.07, 6.45) is 2.26. The minimum absolute atomic E-state index is 0.0187. The molecule has 2 aliphatic heterocycles. The van der Waals surface area contributed by atoms with E-state index in [1.807, 2.05) is 0 Å². The van der Waals surface area contributed by atoms with Gasteiger partial charge < -0.3 is 19.3 Å². The predicted molar refractivity (Wildman–Crippen MR) is 83.7 cm³/mol. The highest BCUT2D eigenvalue weighted by Gasteiger charge is 2.46. The Balaban J connectivity index is 1.72. The number of aromatic carboxylic acids is 1. The molecule has 6 nitrogen and oxygen atoms in total. The van der Waals surface area contributed by atoms with Crippen molar-refractivity contribution in [2.24, 2.45) is 0 Å². The third kappa shape index (κ3) is 3.38. The standard InChI is InChI=1S/C17H22FNO5/c1-19-11-6-12(8-14(19)16(7-11)23-9-22-2)24-15-5-10(18)3-4-13(15)17(20)21/h3-5,11-12,14,16H,6-9H2,1-2H3,(H,20,21). The summed E-state index contributed by atoms with van der Waals surface area (Å²) in [6.45, 7) is 0.250. The van der Waals surface area contributed by atoms with Crippen LogP contribution in [0.25, 0.3) is 0 Å². The van der Waals surface area contributed by atoms with E-state index in [1.165, 1.54) is 6.07 Å². The van der Waals surface area contributed by atoms with E-state index in [0.29, 0.717) is 12.5 Å². The van der Waals surface area contributed by atoms with E-state index >= 15 is 0 Å². The SMILES string of the molecule is COCOC1CC2CC(Oc3cc(F)ccc3C(=O)O)CC1N2C. The van der Waals surface area contributed by atoms with Crippen LogP contribution in [0.3, 0.4) is 0 Å². The fourth-order valence-electron chi connectivity index (χ4n) is 3.75. The Labute approximate surface area is 140 Å². The summed E-state index contributed by atoms with van der Waals surface area (Å²) in [5.74, 6) is -1.54. The number of hydrogen-bond acceptors (Lipinski definition) is 5. The molecule has 0 aromatic heterocycles. The fraction of sp³-hybridized carbons (Fsp3) is 0.588. The Hall–Kier alpha value is -1.70. The molecule has 1 aromatic rings. The van der Waals surface area contributed by atoms with Gasteiger partial charge >= 0.3 is 5.97 Å². The van der Waals surface area contributed by atoms with E-state index < -0.39 is 11.8 Å². The lowest BCUT2D eigenvalue weighted by molar-refractivity contribution is -0.0843. The predicted octanol–water partition coefficient (Wildman–Crippen LogP) is 2.13. The van der Waals surface area contributed by atoms with Crippen molar-refractivity contribution >= 4 is 5.97 Å². The first-order valence-electron chi connectivity index (χ1n) is 8.01. The summed E-state index contributed by atoms with van der Waals surface area (Å²) >= 11 is 0. The lowest BCUT2D eigenvalue weighted by Gasteiger charge is -2.37. The van der Waals surface area contributed by atoms with Crippen molar-refractivity contribution in [1.29, 1.82) is 0 Å². The summed E-state index contributed by atoms with van der Waals surface area (Å²) in [5.41, 5.74) is -0.0187. The van der Waals surface area contributed by atoms with Gasteiger partial charge in [-0.15, -0.1) is 0 Å². The molecule has 1 N–H and O–H groups in total. The molecule has 0 radical (unpaired) electrons. The third-order valence-electron chi connectivity index (χ3n) is 4.94. The van der Waals surface area contributed by atoms with E-state index in [0.717, 1.165) is 25.0 Å². The fourth-order valence-corrected chi connectivity index (χ4v) is 3.75. The number of fused-ring (bicyclic) bond motifs is 2. The molecule has 2 heterocycles. The van der Waals surface area contributed by atoms with Gasteiger partial charge in [0.05, 0.1) is 6.10 Å². The zero-order valence-electron chi connectivity index (χ0n) is 13.8. The summed E-state index contributed by atoms with van der Waals surface area (Å²) in [4.78, 5) is 13.6. The number of rotatable bonds is 6. The zero-order chi connectivity index (χ0) is 17.3. The topological polar surface area (TPSA) is 68.2 Å². The normalized spacial score (nSPS) is 29.6. The van der Waals surface area contributed by atoms with Crippen molar-refractivity contribution in [3.8, 4) is 5.75 Å². The van der Waals surface area contributed by atoms with Crippen LogP contribution in [0.4, 0.5) is 4.39 Å². The first-order valence-corrected chi connectivity index (χ1v) is 8.01. The van der Waals surface area contributed by atoms with Gasteiger partial charge in [-0.05, 0) is 32.0 Å². The van der Waals surface area contributed by atoms with Crippen LogP contribution >= 0.6 is 0 Å². The van der Waals surface area contributed by atoms with Crippen LogP contribution in [0.15, 0.2) is 18.2 Å². The molecular weight excluding hydrogens is 317 g/mol. The number of carboxylic acids is 1. The first-order chi connectivity index (χ1) is 11.5. The summed E-state index contributed by atoms with van der Waals surface area (Å²) < 4.78 is 30.1. The van der Waals surface area contributed by atoms with E-state index in [1.54, 1.807) is 7.11 Å². The quantitative estimate of drug-likeness (QED) is 0.801. The van der Waals surface area contributed by atoms with Crippen LogP contribution in [0.5, 0.6) is 5.75 Å². The average molecular weight is 339 g/mol. The smallest absolute Gasteiger partial charge is 0.339 e. The third-order valence-corrected chi connectivity index (χ3v) is 4.94. The molecule has 0 aliphatic carbocycles. The first kappa shape index (κ1) is 17.1. The molecular formula is C17H22FNO5. The molecule has 24 heavy (non-hydrogen) atoms. The molecule has 2 fully saturated rings. The number of likely N-dealkylation sites (N-methyl/N-ethyl adjacent to an activating group) is 1. The lowest BCUT2D eigenvalue weighted by atomic mass is 10.00. The molecule has 4 unspecified atom stereocenters. The Bertz CT molecular complexity index is 611. The highest BCUT2D eigenvalue weighted by Crippen LogP contribution is 2.38. The van der Waals surface area contributed by atoms with Crippen LogP contribution < -0.4 is 4.74 Å². The van der Waals surface area contributed by atoms with Crippen LogP contribution in [-0.2, 0) is 9.47 Å². The number of carboxylic acid groups (broad SMARTS) is 1. The molecule has 2 aliphatic rings. The monoisotopic (exact) mass is 339 g/mol. The zero-order valence-corrected chi connectivity index (χ0v) is 13.8. The number of ether oxygens (including phenoxy) is 3. The molecule has 0 amide bonds. The molecule has 4 atom stereocenters. The van der Waals surface area contributed by atoms with Gasteiger partial charge in [-0.2, -0.15) is 0 Å². The van der Waals surface area contributed by atoms with E-state index in [9.17, 15) is 14.3 Å². The average Bonchev–Trinajstić information content (AvgIpc) is 2.70. The number of piperidine rings is 1. The molecule has 2 saturated heterocycles. The number of nitrogens with zero attached hydrogens (tertiary/aromatic N) is 1. The summed E-state index contributed by atoms with van der Waals surface area (Å²) in [7, 11) is 3.65. The molecule has 0 spiro atoms. The van der Waals surface area contributed by atoms with Gasteiger partial charge in [-0.3, -0.25) is 4.90 Å². The Morgan fingerprint density at radius 3 is 2.88 bits per heavy atom. The van der Waals surface area contributed by atoms with Crippen molar-refractivity contribution in [2.75, 3.05) is 21.0 Å². The van der Waals surface area contributed by atoms with Crippen LogP contribution in [0, 0.1) is 5.82 Å². The van der Waals surface area contributed by atoms with E-state index in [4.69, 9.17) is 14.2 Å². The minimum Gasteiger partial charge on any atom is -0.489 e. The highest BCUT2D eigenvalue weighted by atomic mass is 19.1. The second-order valence-corrected chi connectivity index (χ2v) is 6.39. The van der Waals surface area contributed by atoms with Gasteiger partial charge in [-0.25, -0.2) is 9.18 Å². The Morgan fingerprint density at radius 1 is 1.38 bits per heavy atom. The van der Waals surface area contributed by atoms with Crippen LogP contribution in [0.1, 0.15) is 29.6 Å². The maximum absolute atomic E-state index is 13.5. The van der Waals surface area contributed by atoms with Crippen LogP contribution in [0.2, 0.25) is 0 Å². The lowest BCUT2D eigenvalue weighted by Crippen LogP contribution is -2.46. The molecule has 3 rings (SSSR count). The maximum Gasteiger partial charge on any atom is 0.339 e. The van der Waals surface area contributed by atoms with E-state index in [2.05, 4.69) is 11.9 Å². The van der Waals surface area contributed by atoms with Gasteiger partial charge in [-0.1, -0.05) is 0 Å². The summed E-state index contributed by atoms with van der Waals surface area (Å²) in [6, 6.07) is 4.00. The van der Waals surface area contributed by atoms with Gasteiger partial charge in [0.15, 0.2) is 0 Å². The molecule has 7 heteroatoms. The van der Waals surface area contributed by atoms with Crippen LogP contribution in [-0.4, -0.2) is 61.2 Å². The van der Waals surface area contributed by atoms with Gasteiger partial charge in [0, 0.05) is 31.7 Å². The van der Waals surface area contributed by atoms with Crippen molar-refractivity contribution < 1.29 is 28.5 Å². The number of halogens is 1. The van der Waals surface area contributed by atoms with Crippen molar-refractivity contribution in [3.05, 3.63) is 29.6 Å². The molecule has 2 bridgehead atoms. The van der Waals surface area contributed by atoms with Crippen molar-refractivity contribution in [3.63, 3.8) is 0 Å². The molecule has 132 valence electrons. The molecule has 0 saturated carbocycles. The van der Waals surface area contributed by atoms with Crippen molar-refractivity contribution in [1.82, 2.24) is 4.90 Å². The number of carbonyl (C=O) groups is 1. The number of benzene rings is 1. The Kier molecular flexibility index (Phi) is 5.03. The van der Waals surface area contributed by atoms with Gasteiger partial charge in [0.25, 0.3) is 0 Å². The van der Waals surface area contributed by atoms with Gasteiger partial charge in [0.1, 0.15) is 30.0 Å². The largest absolute Gasteiger partial charge is 0.489 e. The number of hydrogen-bond donors (Lipinski definition) is 1. The van der Waals surface area contributed by atoms with E-state index in [-0.39, 0.29) is 36.4 Å². The number of methoxy groups -OCH3 is 1.